The van der Waals surface area contributed by atoms with Crippen LogP contribution in [0.4, 0.5) is 0 Å². The average Bonchev–Trinajstić information content (AvgIpc) is 2.16. The molecule has 2 N–H and O–H groups in total. The fraction of sp³-hybridized carbons (Fsp3) is 0.923. The summed E-state index contributed by atoms with van der Waals surface area (Å²) in [6.45, 7) is 3.26. The van der Waals surface area contributed by atoms with Crippen LogP contribution in [0.25, 0.3) is 0 Å². The fourth-order valence-corrected chi connectivity index (χ4v) is 1.18. The van der Waals surface area contributed by atoms with E-state index in [1.165, 1.54) is 19.3 Å². The molecule has 0 aromatic heterocycles. The summed E-state index contributed by atoms with van der Waals surface area (Å²) in [6.07, 6.45) is 5.88. The van der Waals surface area contributed by atoms with Gasteiger partial charge in [0.2, 0.25) is 0 Å². The van der Waals surface area contributed by atoms with Gasteiger partial charge in [0, 0.05) is 6.42 Å². The Labute approximate surface area is 106 Å². The molecule has 0 aliphatic rings. The lowest BCUT2D eigenvalue weighted by molar-refractivity contribution is -0.870. The van der Waals surface area contributed by atoms with Gasteiger partial charge in [0.1, 0.15) is 6.54 Å². The molecular weight excluding hydrogens is 218 g/mol. The van der Waals surface area contributed by atoms with Crippen molar-refractivity contribution in [3.63, 3.8) is 0 Å². The summed E-state index contributed by atoms with van der Waals surface area (Å²) in [5.74, 6) is -0.670. The molecule has 0 aromatic carbocycles. The zero-order valence-electron chi connectivity index (χ0n) is 11.9. The van der Waals surface area contributed by atoms with Crippen molar-refractivity contribution in [1.29, 1.82) is 0 Å². The molecule has 4 nitrogen and oxygen atoms in total. The zero-order valence-corrected chi connectivity index (χ0v) is 11.9. The number of carbonyl (C=O) groups is 1. The van der Waals surface area contributed by atoms with Gasteiger partial charge in [-0.05, 0) is 6.42 Å². The summed E-state index contributed by atoms with van der Waals surface area (Å²) in [7, 11) is 6.16. The third kappa shape index (κ3) is 25.6. The predicted octanol–water partition coefficient (Wildman–Crippen LogP) is 2.12. The van der Waals surface area contributed by atoms with Crippen LogP contribution in [0.1, 0.15) is 45.4 Å². The largest absolute Gasteiger partial charge is 0.481 e. The van der Waals surface area contributed by atoms with Gasteiger partial charge in [-0.15, -0.1) is 0 Å². The number of aliphatic hydroxyl groups is 1. The normalized spacial score (nSPS) is 10.6. The first-order valence-corrected chi connectivity index (χ1v) is 6.46. The first-order valence-electron chi connectivity index (χ1n) is 6.46. The van der Waals surface area contributed by atoms with E-state index in [0.717, 1.165) is 23.9 Å². The molecule has 0 saturated carbocycles. The number of likely N-dealkylation sites (N-methyl/N-ethyl adjacent to an activating group) is 1. The van der Waals surface area contributed by atoms with E-state index in [1.54, 1.807) is 0 Å². The molecule has 0 saturated heterocycles. The maximum Gasteiger partial charge on any atom is 0.303 e. The number of carboxylic acids is 1. The quantitative estimate of drug-likeness (QED) is 0.511. The smallest absolute Gasteiger partial charge is 0.303 e. The van der Waals surface area contributed by atoms with Gasteiger partial charge in [0.15, 0.2) is 0 Å². The van der Waals surface area contributed by atoms with E-state index < -0.39 is 5.97 Å². The van der Waals surface area contributed by atoms with Gasteiger partial charge in [-0.25, -0.2) is 0 Å². The second kappa shape index (κ2) is 11.9. The summed E-state index contributed by atoms with van der Waals surface area (Å²) in [6, 6.07) is 0. The summed E-state index contributed by atoms with van der Waals surface area (Å²) in [5.41, 5.74) is 0. The van der Waals surface area contributed by atoms with Crippen LogP contribution in [0.5, 0.6) is 0 Å². The maximum atomic E-state index is 10.0. The molecule has 0 unspecified atom stereocenters. The number of unbranched alkanes of at least 4 members (excludes halogenated alkanes) is 4. The lowest BCUT2D eigenvalue weighted by Gasteiger charge is -2.21. The monoisotopic (exact) mass is 248 g/mol. The molecule has 0 heterocycles. The molecule has 0 aliphatic carbocycles. The predicted molar refractivity (Wildman–Crippen MR) is 71.0 cm³/mol. The molecule has 0 aliphatic heterocycles. The fourth-order valence-electron chi connectivity index (χ4n) is 1.18. The summed E-state index contributed by atoms with van der Waals surface area (Å²) in [4.78, 5) is 10.0. The minimum absolute atomic E-state index is 0.281. The zero-order chi connectivity index (χ0) is 13.7. The molecule has 0 amide bonds. The highest BCUT2D eigenvalue weighted by Crippen LogP contribution is 2.04. The summed E-state index contributed by atoms with van der Waals surface area (Å²) >= 11 is 0. The van der Waals surface area contributed by atoms with Crippen LogP contribution in [0.15, 0.2) is 0 Å². The Hall–Kier alpha value is -0.610. The average molecular weight is 248 g/mol. The number of hydrogen-bond donors (Lipinski definition) is 2. The molecular formula is C13H30NO3+. The molecule has 0 aromatic rings. The van der Waals surface area contributed by atoms with E-state index in [2.05, 4.69) is 28.1 Å². The van der Waals surface area contributed by atoms with Crippen LogP contribution in [0.3, 0.4) is 0 Å². The molecule has 0 bridgehead atoms. The molecule has 0 radical (unpaired) electrons. The van der Waals surface area contributed by atoms with Gasteiger partial charge >= 0.3 is 5.97 Å². The van der Waals surface area contributed by atoms with E-state index in [-0.39, 0.29) is 6.61 Å². The van der Waals surface area contributed by atoms with E-state index in [4.69, 9.17) is 10.2 Å². The van der Waals surface area contributed by atoms with Crippen LogP contribution in [-0.4, -0.2) is 55.0 Å². The number of carboxylic acid groups (broad SMARTS) is 1. The molecule has 0 fully saturated rings. The first kappa shape index (κ1) is 18.7. The SMILES string of the molecule is CCCCCCCC(=O)O.C[N+](C)(C)CCO. The second-order valence-corrected chi connectivity index (χ2v) is 5.30. The Morgan fingerprint density at radius 2 is 1.59 bits per heavy atom. The van der Waals surface area contributed by atoms with Crippen LogP contribution in [0.2, 0.25) is 0 Å². The molecule has 0 atom stereocenters. The minimum Gasteiger partial charge on any atom is -0.481 e. The Morgan fingerprint density at radius 3 is 1.88 bits per heavy atom. The molecule has 0 rings (SSSR count). The number of aliphatic carboxylic acids is 1. The number of hydrogen-bond acceptors (Lipinski definition) is 2. The van der Waals surface area contributed by atoms with Crippen molar-refractivity contribution in [2.45, 2.75) is 45.4 Å². The topological polar surface area (TPSA) is 57.5 Å². The lowest BCUT2D eigenvalue weighted by Crippen LogP contribution is -2.36. The van der Waals surface area contributed by atoms with Gasteiger partial charge in [0.25, 0.3) is 0 Å². The standard InChI is InChI=1S/C8H16O2.C5H14NO/c1-2-3-4-5-6-7-8(9)10;1-6(2,3)4-5-7/h2-7H2,1H3,(H,9,10);7H,4-5H2,1-3H3/q;+1. The van der Waals surface area contributed by atoms with Gasteiger partial charge in [-0.1, -0.05) is 32.6 Å². The number of nitrogens with zero attached hydrogens (tertiary/aromatic N) is 1. The van der Waals surface area contributed by atoms with Crippen molar-refractivity contribution in [2.75, 3.05) is 34.3 Å². The van der Waals surface area contributed by atoms with Crippen molar-refractivity contribution < 1.29 is 19.5 Å². The Kier molecular flexibility index (Phi) is 13.1. The van der Waals surface area contributed by atoms with Gasteiger partial charge in [0.05, 0.1) is 27.7 Å². The van der Waals surface area contributed by atoms with E-state index in [0.29, 0.717) is 6.42 Å². The van der Waals surface area contributed by atoms with Crippen molar-refractivity contribution >= 4 is 5.97 Å². The van der Waals surface area contributed by atoms with Gasteiger partial charge in [-0.2, -0.15) is 0 Å². The number of aliphatic hydroxyl groups excluding tert-OH is 1. The van der Waals surface area contributed by atoms with Crippen LogP contribution in [-0.2, 0) is 4.79 Å². The molecule has 4 heteroatoms. The number of rotatable bonds is 8. The van der Waals surface area contributed by atoms with Gasteiger partial charge < -0.3 is 14.7 Å². The van der Waals surface area contributed by atoms with E-state index >= 15 is 0 Å². The molecule has 0 spiro atoms. The van der Waals surface area contributed by atoms with Crippen molar-refractivity contribution in [2.24, 2.45) is 0 Å². The third-order valence-electron chi connectivity index (χ3n) is 2.27. The van der Waals surface area contributed by atoms with Crippen LogP contribution < -0.4 is 0 Å². The van der Waals surface area contributed by atoms with Crippen molar-refractivity contribution in [3.8, 4) is 0 Å². The van der Waals surface area contributed by atoms with Gasteiger partial charge in [-0.3, -0.25) is 4.79 Å². The minimum atomic E-state index is -0.670. The molecule has 104 valence electrons. The van der Waals surface area contributed by atoms with Crippen LogP contribution >= 0.6 is 0 Å². The van der Waals surface area contributed by atoms with Crippen LogP contribution in [0, 0.1) is 0 Å². The highest BCUT2D eigenvalue weighted by molar-refractivity contribution is 5.66. The van der Waals surface area contributed by atoms with Crippen molar-refractivity contribution in [3.05, 3.63) is 0 Å². The lowest BCUT2D eigenvalue weighted by atomic mass is 10.1. The number of quaternary nitrogens is 1. The highest BCUT2D eigenvalue weighted by Gasteiger charge is 2.02. The molecule has 17 heavy (non-hydrogen) atoms. The Bertz CT molecular complexity index is 176. The first-order chi connectivity index (χ1) is 7.83. The summed E-state index contributed by atoms with van der Waals surface area (Å²) < 4.78 is 0.844. The van der Waals surface area contributed by atoms with E-state index in [9.17, 15) is 4.79 Å². The maximum absolute atomic E-state index is 10.0. The highest BCUT2D eigenvalue weighted by atomic mass is 16.4. The second-order valence-electron chi connectivity index (χ2n) is 5.30. The third-order valence-corrected chi connectivity index (χ3v) is 2.27. The Balaban J connectivity index is 0. The summed E-state index contributed by atoms with van der Waals surface area (Å²) in [5, 5.41) is 16.7. The van der Waals surface area contributed by atoms with E-state index in [1.807, 2.05) is 0 Å². The Morgan fingerprint density at radius 1 is 1.06 bits per heavy atom. The van der Waals surface area contributed by atoms with Crippen molar-refractivity contribution in [1.82, 2.24) is 0 Å².